The number of hydrogen-bond donors (Lipinski definition) is 0. The Kier molecular flexibility index (Phi) is 4.39. The van der Waals surface area contributed by atoms with Gasteiger partial charge in [0, 0.05) is 14.1 Å². The summed E-state index contributed by atoms with van der Waals surface area (Å²) in [6.45, 7) is 2.03. The molecule has 0 amide bonds. The fourth-order valence-corrected chi connectivity index (χ4v) is 4.95. The highest BCUT2D eigenvalue weighted by Gasteiger charge is 2.36. The lowest BCUT2D eigenvalue weighted by Gasteiger charge is -2.30. The lowest BCUT2D eigenvalue weighted by molar-refractivity contribution is 0.229. The van der Waals surface area contributed by atoms with Crippen LogP contribution in [0.2, 0.25) is 0 Å². The highest BCUT2D eigenvalue weighted by molar-refractivity contribution is 5.98. The number of aryl methyl sites for hydroxylation is 2. The Morgan fingerprint density at radius 3 is 2.21 bits per heavy atom. The first kappa shape index (κ1) is 20.3. The molecule has 0 fully saturated rings. The Hall–Kier alpha value is -4.32. The zero-order valence-electron chi connectivity index (χ0n) is 19.1. The minimum absolute atomic E-state index is 0.320. The summed E-state index contributed by atoms with van der Waals surface area (Å²) in [7, 11) is 3.24. The van der Waals surface area contributed by atoms with E-state index < -0.39 is 6.10 Å². The second-order valence-corrected chi connectivity index (χ2v) is 8.74. The molecule has 0 N–H and O–H groups in total. The summed E-state index contributed by atoms with van der Waals surface area (Å²) < 4.78 is 11.4. The van der Waals surface area contributed by atoms with Crippen molar-refractivity contribution in [1.82, 2.24) is 13.7 Å². The molecule has 3 heterocycles. The molecule has 0 saturated carbocycles. The first-order valence-corrected chi connectivity index (χ1v) is 11.2. The Bertz CT molecular complexity index is 1690. The van der Waals surface area contributed by atoms with Crippen LogP contribution in [0, 0.1) is 6.92 Å². The molecule has 6 rings (SSSR count). The second kappa shape index (κ2) is 7.35. The molecule has 34 heavy (non-hydrogen) atoms. The SMILES string of the molecule is Cc1ccc(-c2c3c(=O)n(C)c(=O)n(C)c3c3n2-c2ccccc2OC3c2ccccc2)cc1. The van der Waals surface area contributed by atoms with Gasteiger partial charge in [-0.2, -0.15) is 0 Å². The molecule has 3 aromatic carbocycles. The van der Waals surface area contributed by atoms with Gasteiger partial charge in [-0.1, -0.05) is 72.3 Å². The summed E-state index contributed by atoms with van der Waals surface area (Å²) in [5.41, 5.74) is 5.25. The molecule has 1 atom stereocenters. The Morgan fingerprint density at radius 2 is 1.47 bits per heavy atom. The summed E-state index contributed by atoms with van der Waals surface area (Å²) in [6.07, 6.45) is -0.490. The molecule has 0 radical (unpaired) electrons. The number of ether oxygens (including phenoxy) is 1. The zero-order chi connectivity index (χ0) is 23.6. The first-order chi connectivity index (χ1) is 16.5. The van der Waals surface area contributed by atoms with E-state index in [1.54, 1.807) is 11.6 Å². The van der Waals surface area contributed by atoms with Crippen molar-refractivity contribution in [2.24, 2.45) is 14.1 Å². The fraction of sp³-hybridized carbons (Fsp3) is 0.143. The van der Waals surface area contributed by atoms with Gasteiger partial charge in [-0.3, -0.25) is 13.9 Å². The maximum Gasteiger partial charge on any atom is 0.331 e. The van der Waals surface area contributed by atoms with Gasteiger partial charge >= 0.3 is 5.69 Å². The molecular weight excluding hydrogens is 426 g/mol. The van der Waals surface area contributed by atoms with Gasteiger partial charge in [-0.05, 0) is 30.2 Å². The number of fused-ring (bicyclic) bond motifs is 5. The van der Waals surface area contributed by atoms with Crippen molar-refractivity contribution < 1.29 is 4.74 Å². The van der Waals surface area contributed by atoms with Crippen LogP contribution in [0.25, 0.3) is 27.8 Å². The van der Waals surface area contributed by atoms with Gasteiger partial charge in [0.05, 0.1) is 28.0 Å². The van der Waals surface area contributed by atoms with E-state index in [1.807, 2.05) is 85.8 Å². The first-order valence-electron chi connectivity index (χ1n) is 11.2. The molecule has 5 aromatic rings. The van der Waals surface area contributed by atoms with Crippen LogP contribution in [0.1, 0.15) is 22.9 Å². The third-order valence-electron chi connectivity index (χ3n) is 6.64. The molecule has 0 saturated heterocycles. The third kappa shape index (κ3) is 2.75. The van der Waals surface area contributed by atoms with Crippen molar-refractivity contribution in [1.29, 1.82) is 0 Å². The van der Waals surface area contributed by atoms with E-state index >= 15 is 0 Å². The minimum Gasteiger partial charge on any atom is -0.477 e. The highest BCUT2D eigenvalue weighted by Crippen LogP contribution is 2.46. The van der Waals surface area contributed by atoms with Gasteiger partial charge in [0.15, 0.2) is 6.10 Å². The molecule has 0 spiro atoms. The van der Waals surface area contributed by atoms with Crippen LogP contribution in [-0.4, -0.2) is 13.7 Å². The van der Waals surface area contributed by atoms with Crippen LogP contribution in [0.15, 0.2) is 88.5 Å². The van der Waals surface area contributed by atoms with E-state index in [4.69, 9.17) is 4.74 Å². The van der Waals surface area contributed by atoms with Crippen molar-refractivity contribution in [3.63, 3.8) is 0 Å². The van der Waals surface area contributed by atoms with Gasteiger partial charge in [0.25, 0.3) is 5.56 Å². The van der Waals surface area contributed by atoms with Gasteiger partial charge in [-0.25, -0.2) is 4.79 Å². The van der Waals surface area contributed by atoms with E-state index in [0.29, 0.717) is 10.9 Å². The number of hydrogen-bond acceptors (Lipinski definition) is 3. The monoisotopic (exact) mass is 449 g/mol. The van der Waals surface area contributed by atoms with E-state index in [0.717, 1.165) is 39.5 Å². The summed E-state index contributed by atoms with van der Waals surface area (Å²) in [6, 6.07) is 25.8. The van der Waals surface area contributed by atoms with Crippen molar-refractivity contribution >= 4 is 10.9 Å². The van der Waals surface area contributed by atoms with E-state index in [1.165, 1.54) is 11.6 Å². The third-order valence-corrected chi connectivity index (χ3v) is 6.64. The molecule has 0 bridgehead atoms. The molecule has 0 aliphatic carbocycles. The maximum atomic E-state index is 13.6. The molecule has 1 aliphatic heterocycles. The average Bonchev–Trinajstić information content (AvgIpc) is 3.23. The predicted octanol–water partition coefficient (Wildman–Crippen LogP) is 4.49. The molecular formula is C28H23N3O3. The summed E-state index contributed by atoms with van der Waals surface area (Å²) in [5.74, 6) is 0.722. The molecule has 1 unspecified atom stereocenters. The normalized spacial score (nSPS) is 14.5. The number of nitrogens with zero attached hydrogens (tertiary/aromatic N) is 3. The number of benzene rings is 3. The largest absolute Gasteiger partial charge is 0.477 e. The number of rotatable bonds is 2. The summed E-state index contributed by atoms with van der Waals surface area (Å²) in [4.78, 5) is 26.7. The van der Waals surface area contributed by atoms with Crippen LogP contribution in [0.3, 0.4) is 0 Å². The lowest BCUT2D eigenvalue weighted by Crippen LogP contribution is -2.37. The number of para-hydroxylation sites is 2. The Morgan fingerprint density at radius 1 is 0.794 bits per heavy atom. The molecule has 6 nitrogen and oxygen atoms in total. The van der Waals surface area contributed by atoms with Crippen molar-refractivity contribution in [3.05, 3.63) is 117 Å². The molecule has 2 aromatic heterocycles. The van der Waals surface area contributed by atoms with Gasteiger partial charge in [0.2, 0.25) is 0 Å². The van der Waals surface area contributed by atoms with Crippen LogP contribution >= 0.6 is 0 Å². The van der Waals surface area contributed by atoms with E-state index in [9.17, 15) is 9.59 Å². The zero-order valence-corrected chi connectivity index (χ0v) is 19.1. The van der Waals surface area contributed by atoms with E-state index in [-0.39, 0.29) is 11.2 Å². The topological polar surface area (TPSA) is 58.2 Å². The fourth-order valence-electron chi connectivity index (χ4n) is 4.95. The molecule has 6 heteroatoms. The predicted molar refractivity (Wildman–Crippen MR) is 133 cm³/mol. The van der Waals surface area contributed by atoms with Crippen LogP contribution in [0.5, 0.6) is 5.75 Å². The lowest BCUT2D eigenvalue weighted by atomic mass is 10.0. The Labute approximate surface area is 195 Å². The van der Waals surface area contributed by atoms with Gasteiger partial charge in [0.1, 0.15) is 5.75 Å². The second-order valence-electron chi connectivity index (χ2n) is 8.74. The molecule has 1 aliphatic rings. The Balaban J connectivity index is 1.87. The summed E-state index contributed by atoms with van der Waals surface area (Å²) >= 11 is 0. The van der Waals surface area contributed by atoms with Crippen molar-refractivity contribution in [3.8, 4) is 22.7 Å². The minimum atomic E-state index is -0.490. The van der Waals surface area contributed by atoms with Crippen LogP contribution in [-0.2, 0) is 14.1 Å². The maximum absolute atomic E-state index is 13.6. The van der Waals surface area contributed by atoms with Gasteiger partial charge in [-0.15, -0.1) is 0 Å². The standard InChI is InChI=1S/C28H23N3O3/c1-17-13-15-18(16-14-17)23-22-24(29(2)28(33)30(3)27(22)32)25-26(19-9-5-4-6-10-19)34-21-12-8-7-11-20(21)31(23)25/h4-16,26H,1-3H3. The van der Waals surface area contributed by atoms with Crippen molar-refractivity contribution in [2.75, 3.05) is 0 Å². The highest BCUT2D eigenvalue weighted by atomic mass is 16.5. The summed E-state index contributed by atoms with van der Waals surface area (Å²) in [5, 5.41) is 0.504. The van der Waals surface area contributed by atoms with Crippen LogP contribution in [0.4, 0.5) is 0 Å². The number of aromatic nitrogens is 3. The van der Waals surface area contributed by atoms with Gasteiger partial charge < -0.3 is 9.30 Å². The average molecular weight is 450 g/mol. The van der Waals surface area contributed by atoms with Crippen molar-refractivity contribution in [2.45, 2.75) is 13.0 Å². The van der Waals surface area contributed by atoms with E-state index in [2.05, 4.69) is 4.57 Å². The smallest absolute Gasteiger partial charge is 0.331 e. The quantitative estimate of drug-likeness (QED) is 0.399. The molecule has 168 valence electrons. The van der Waals surface area contributed by atoms with Crippen LogP contribution < -0.4 is 16.0 Å².